The molecule has 38 heavy (non-hydrogen) atoms. The molecule has 0 aliphatic carbocycles. The minimum absolute atomic E-state index is 0.208. The molecule has 1 heterocycles. The van der Waals surface area contributed by atoms with Gasteiger partial charge in [0, 0.05) is 25.4 Å². The van der Waals surface area contributed by atoms with E-state index in [1.54, 1.807) is 29.9 Å². The predicted octanol–water partition coefficient (Wildman–Crippen LogP) is 6.85. The minimum atomic E-state index is -0.226. The van der Waals surface area contributed by atoms with Crippen LogP contribution in [-0.4, -0.2) is 16.4 Å². The molecular weight excluding hydrogens is 470 g/mol. The lowest BCUT2D eigenvalue weighted by atomic mass is 9.99. The molecule has 0 atom stereocenters. The Morgan fingerprint density at radius 2 is 1.34 bits per heavy atom. The van der Waals surface area contributed by atoms with E-state index in [9.17, 15) is 9.59 Å². The van der Waals surface area contributed by atoms with Gasteiger partial charge in [0.05, 0.1) is 5.69 Å². The van der Waals surface area contributed by atoms with Gasteiger partial charge in [-0.3, -0.25) is 9.59 Å². The molecule has 0 fully saturated rings. The Morgan fingerprint density at radius 3 is 2.05 bits per heavy atom. The SMILES string of the molecule is Cc1ccc(-c2ccc(CNC(=O)c3cc(NC(=O)c4ccccc4-c4ccccc4)cn3C)cc2)cc1. The van der Waals surface area contributed by atoms with Crippen LogP contribution in [0.3, 0.4) is 0 Å². The van der Waals surface area contributed by atoms with Crippen molar-refractivity contribution in [3.05, 3.63) is 138 Å². The van der Waals surface area contributed by atoms with Crippen LogP contribution in [0.1, 0.15) is 32.0 Å². The first-order valence-electron chi connectivity index (χ1n) is 12.5. The summed E-state index contributed by atoms with van der Waals surface area (Å²) in [6.45, 7) is 2.48. The number of amides is 2. The van der Waals surface area contributed by atoms with E-state index in [1.165, 1.54) is 5.56 Å². The number of rotatable bonds is 7. The maximum atomic E-state index is 13.1. The summed E-state index contributed by atoms with van der Waals surface area (Å²) in [7, 11) is 1.79. The molecule has 0 saturated heterocycles. The van der Waals surface area contributed by atoms with E-state index in [2.05, 4.69) is 54.0 Å². The van der Waals surface area contributed by atoms with Crippen molar-refractivity contribution >= 4 is 17.5 Å². The van der Waals surface area contributed by atoms with Crippen molar-refractivity contribution in [2.45, 2.75) is 13.5 Å². The highest BCUT2D eigenvalue weighted by Crippen LogP contribution is 2.25. The van der Waals surface area contributed by atoms with E-state index in [0.29, 0.717) is 23.5 Å². The Morgan fingerprint density at radius 1 is 0.711 bits per heavy atom. The lowest BCUT2D eigenvalue weighted by Crippen LogP contribution is -2.24. The van der Waals surface area contributed by atoms with E-state index in [4.69, 9.17) is 0 Å². The topological polar surface area (TPSA) is 63.1 Å². The molecule has 188 valence electrons. The van der Waals surface area contributed by atoms with Crippen molar-refractivity contribution in [2.24, 2.45) is 7.05 Å². The van der Waals surface area contributed by atoms with E-state index in [1.807, 2.05) is 60.7 Å². The third-order valence-electron chi connectivity index (χ3n) is 6.54. The van der Waals surface area contributed by atoms with Crippen molar-refractivity contribution in [1.29, 1.82) is 0 Å². The van der Waals surface area contributed by atoms with Crippen LogP contribution in [0.4, 0.5) is 5.69 Å². The van der Waals surface area contributed by atoms with Crippen LogP contribution in [-0.2, 0) is 13.6 Å². The summed E-state index contributed by atoms with van der Waals surface area (Å²) in [5, 5.41) is 5.92. The monoisotopic (exact) mass is 499 g/mol. The fourth-order valence-corrected chi connectivity index (χ4v) is 4.44. The van der Waals surface area contributed by atoms with Crippen LogP contribution in [0.15, 0.2) is 115 Å². The van der Waals surface area contributed by atoms with Crippen molar-refractivity contribution in [2.75, 3.05) is 5.32 Å². The van der Waals surface area contributed by atoms with Gasteiger partial charge < -0.3 is 15.2 Å². The van der Waals surface area contributed by atoms with Gasteiger partial charge in [0.1, 0.15) is 5.69 Å². The molecule has 0 unspecified atom stereocenters. The van der Waals surface area contributed by atoms with Crippen LogP contribution in [0.25, 0.3) is 22.3 Å². The minimum Gasteiger partial charge on any atom is -0.347 e. The molecule has 0 aliphatic rings. The van der Waals surface area contributed by atoms with E-state index in [0.717, 1.165) is 27.8 Å². The zero-order valence-electron chi connectivity index (χ0n) is 21.4. The Hall–Kier alpha value is -4.90. The molecule has 4 aromatic carbocycles. The number of hydrogen-bond donors (Lipinski definition) is 2. The fourth-order valence-electron chi connectivity index (χ4n) is 4.44. The van der Waals surface area contributed by atoms with Crippen molar-refractivity contribution in [3.63, 3.8) is 0 Å². The summed E-state index contributed by atoms with van der Waals surface area (Å²) in [4.78, 5) is 26.1. The molecular formula is C33H29N3O2. The Labute approximate surface area is 222 Å². The highest BCUT2D eigenvalue weighted by atomic mass is 16.2. The third-order valence-corrected chi connectivity index (χ3v) is 6.54. The molecule has 2 N–H and O–H groups in total. The zero-order valence-corrected chi connectivity index (χ0v) is 21.4. The number of aromatic nitrogens is 1. The number of aryl methyl sites for hydroxylation is 2. The van der Waals surface area contributed by atoms with Gasteiger partial charge in [-0.2, -0.15) is 0 Å². The lowest BCUT2D eigenvalue weighted by molar-refractivity contribution is 0.0942. The average Bonchev–Trinajstić information content (AvgIpc) is 3.32. The van der Waals surface area contributed by atoms with Gasteiger partial charge in [0.25, 0.3) is 11.8 Å². The number of carbonyl (C=O) groups is 2. The van der Waals surface area contributed by atoms with Gasteiger partial charge in [-0.15, -0.1) is 0 Å². The van der Waals surface area contributed by atoms with Crippen LogP contribution < -0.4 is 10.6 Å². The van der Waals surface area contributed by atoms with E-state index < -0.39 is 0 Å². The number of hydrogen-bond acceptors (Lipinski definition) is 2. The Kier molecular flexibility index (Phi) is 7.18. The normalized spacial score (nSPS) is 10.7. The molecule has 5 nitrogen and oxygen atoms in total. The molecule has 2 amide bonds. The molecule has 0 aliphatic heterocycles. The first kappa shape index (κ1) is 24.8. The summed E-state index contributed by atoms with van der Waals surface area (Å²) < 4.78 is 1.72. The second kappa shape index (κ2) is 11.0. The first-order valence-corrected chi connectivity index (χ1v) is 12.5. The average molecular weight is 500 g/mol. The summed E-state index contributed by atoms with van der Waals surface area (Å²) in [5.41, 5.74) is 7.96. The van der Waals surface area contributed by atoms with Gasteiger partial charge in [-0.1, -0.05) is 103 Å². The highest BCUT2D eigenvalue weighted by Gasteiger charge is 2.16. The van der Waals surface area contributed by atoms with Gasteiger partial charge in [0.2, 0.25) is 0 Å². The second-order valence-corrected chi connectivity index (χ2v) is 9.34. The first-order chi connectivity index (χ1) is 18.5. The highest BCUT2D eigenvalue weighted by molar-refractivity contribution is 6.09. The summed E-state index contributed by atoms with van der Waals surface area (Å²) in [5.74, 6) is -0.434. The van der Waals surface area contributed by atoms with Crippen molar-refractivity contribution in [1.82, 2.24) is 9.88 Å². The number of anilines is 1. The fraction of sp³-hybridized carbons (Fsp3) is 0.0909. The summed E-state index contributed by atoms with van der Waals surface area (Å²) >= 11 is 0. The summed E-state index contributed by atoms with van der Waals surface area (Å²) in [6.07, 6.45) is 1.74. The number of nitrogens with one attached hydrogen (secondary N) is 2. The third kappa shape index (κ3) is 5.57. The number of carbonyl (C=O) groups excluding carboxylic acids is 2. The molecule has 0 saturated carbocycles. The van der Waals surface area contributed by atoms with Crippen LogP contribution in [0.5, 0.6) is 0 Å². The quantitative estimate of drug-likeness (QED) is 0.257. The number of benzene rings is 4. The van der Waals surface area contributed by atoms with Gasteiger partial charge in [-0.25, -0.2) is 0 Å². The summed E-state index contributed by atoms with van der Waals surface area (Å²) in [6, 6.07) is 35.6. The standard InChI is InChI=1S/C33H29N3O2/c1-23-12-16-25(17-13-23)26-18-14-24(15-19-26)21-34-33(38)31-20-28(22-36(31)2)35-32(37)30-11-7-6-10-29(30)27-8-4-3-5-9-27/h3-20,22H,21H2,1-2H3,(H,34,38)(H,35,37). The predicted molar refractivity (Wildman–Crippen MR) is 153 cm³/mol. The molecule has 5 heteroatoms. The van der Waals surface area contributed by atoms with Crippen LogP contribution in [0.2, 0.25) is 0 Å². The molecule has 5 rings (SSSR count). The van der Waals surface area contributed by atoms with Gasteiger partial charge in [-0.05, 0) is 46.9 Å². The Bertz CT molecular complexity index is 1570. The van der Waals surface area contributed by atoms with Crippen molar-refractivity contribution in [3.8, 4) is 22.3 Å². The van der Waals surface area contributed by atoms with Crippen LogP contribution >= 0.6 is 0 Å². The molecule has 5 aromatic rings. The lowest BCUT2D eigenvalue weighted by Gasteiger charge is -2.09. The second-order valence-electron chi connectivity index (χ2n) is 9.34. The molecule has 0 radical (unpaired) electrons. The smallest absolute Gasteiger partial charge is 0.268 e. The molecule has 0 spiro atoms. The Balaban J connectivity index is 1.23. The van der Waals surface area contributed by atoms with E-state index >= 15 is 0 Å². The molecule has 0 bridgehead atoms. The van der Waals surface area contributed by atoms with Crippen molar-refractivity contribution < 1.29 is 9.59 Å². The van der Waals surface area contributed by atoms with E-state index in [-0.39, 0.29) is 11.8 Å². The maximum Gasteiger partial charge on any atom is 0.268 e. The largest absolute Gasteiger partial charge is 0.347 e. The zero-order chi connectivity index (χ0) is 26.5. The van der Waals surface area contributed by atoms with Gasteiger partial charge in [0.15, 0.2) is 0 Å². The molecule has 1 aromatic heterocycles. The number of nitrogens with zero attached hydrogens (tertiary/aromatic N) is 1. The van der Waals surface area contributed by atoms with Crippen LogP contribution in [0, 0.1) is 6.92 Å². The van der Waals surface area contributed by atoms with Gasteiger partial charge >= 0.3 is 0 Å². The maximum absolute atomic E-state index is 13.1.